The van der Waals surface area contributed by atoms with E-state index in [0.717, 1.165) is 17.7 Å². The first-order valence-electron chi connectivity index (χ1n) is 8.39. The Morgan fingerprint density at radius 1 is 1.23 bits per heavy atom. The Kier molecular flexibility index (Phi) is 6.06. The van der Waals surface area contributed by atoms with Gasteiger partial charge in [0, 0.05) is 13.6 Å². The molecule has 3 aromatic rings. The number of benzene rings is 1. The summed E-state index contributed by atoms with van der Waals surface area (Å²) in [7, 11) is 1.81. The van der Waals surface area contributed by atoms with Gasteiger partial charge in [-0.25, -0.2) is 4.68 Å². The summed E-state index contributed by atoms with van der Waals surface area (Å²) in [6, 6.07) is 12.0. The highest BCUT2D eigenvalue weighted by Crippen LogP contribution is 2.16. The smallest absolute Gasteiger partial charge is 0.233 e. The zero-order valence-corrected chi connectivity index (χ0v) is 15.6. The van der Waals surface area contributed by atoms with Gasteiger partial charge >= 0.3 is 0 Å². The molecule has 0 radical (unpaired) electrons. The van der Waals surface area contributed by atoms with Crippen molar-refractivity contribution in [2.24, 2.45) is 0 Å². The van der Waals surface area contributed by atoms with Crippen LogP contribution < -0.4 is 0 Å². The minimum atomic E-state index is 0.0297. The van der Waals surface area contributed by atoms with Crippen LogP contribution in [-0.4, -0.2) is 43.8 Å². The number of furan rings is 1. The summed E-state index contributed by atoms with van der Waals surface area (Å²) in [6.45, 7) is 3.15. The number of nitrogens with zero attached hydrogens (tertiary/aromatic N) is 5. The number of aromatic nitrogens is 4. The number of carbonyl (C=O) groups is 1. The maximum atomic E-state index is 12.4. The number of aryl methyl sites for hydroxylation is 1. The minimum Gasteiger partial charge on any atom is -0.467 e. The zero-order valence-electron chi connectivity index (χ0n) is 14.8. The molecular weight excluding hydrogens is 350 g/mol. The van der Waals surface area contributed by atoms with E-state index in [-0.39, 0.29) is 11.7 Å². The molecule has 0 aliphatic carbocycles. The van der Waals surface area contributed by atoms with Gasteiger partial charge in [0.1, 0.15) is 12.3 Å². The van der Waals surface area contributed by atoms with Crippen LogP contribution in [0.2, 0.25) is 0 Å². The average molecular weight is 371 g/mol. The molecular formula is C18H21N5O2S. The molecule has 0 fully saturated rings. The van der Waals surface area contributed by atoms with Gasteiger partial charge in [0.05, 0.1) is 12.0 Å². The van der Waals surface area contributed by atoms with Crippen LogP contribution in [-0.2, 0) is 24.3 Å². The van der Waals surface area contributed by atoms with Crippen LogP contribution in [0.15, 0.2) is 52.2 Å². The Bertz CT molecular complexity index is 830. The quantitative estimate of drug-likeness (QED) is 0.567. The fourth-order valence-corrected chi connectivity index (χ4v) is 3.25. The Morgan fingerprint density at radius 2 is 2.00 bits per heavy atom. The van der Waals surface area contributed by atoms with E-state index in [2.05, 4.69) is 46.7 Å². The molecule has 3 rings (SSSR count). The largest absolute Gasteiger partial charge is 0.467 e. The SMILES string of the molecule is CCc1ccc(CN(C)C(=O)CSc2nnnn2Cc2ccco2)cc1. The van der Waals surface area contributed by atoms with Gasteiger partial charge < -0.3 is 9.32 Å². The number of hydrogen-bond acceptors (Lipinski definition) is 6. The van der Waals surface area contributed by atoms with E-state index in [4.69, 9.17) is 4.42 Å². The lowest BCUT2D eigenvalue weighted by atomic mass is 10.1. The summed E-state index contributed by atoms with van der Waals surface area (Å²) < 4.78 is 6.93. The summed E-state index contributed by atoms with van der Waals surface area (Å²) in [6.07, 6.45) is 2.62. The number of amides is 1. The van der Waals surface area contributed by atoms with Crippen molar-refractivity contribution in [3.05, 3.63) is 59.5 Å². The van der Waals surface area contributed by atoms with Gasteiger partial charge in [-0.05, 0) is 40.1 Å². The normalized spacial score (nSPS) is 10.8. The first kappa shape index (κ1) is 18.2. The van der Waals surface area contributed by atoms with Gasteiger partial charge in [0.2, 0.25) is 11.1 Å². The average Bonchev–Trinajstić information content (AvgIpc) is 3.32. The van der Waals surface area contributed by atoms with Crippen LogP contribution in [0.3, 0.4) is 0 Å². The summed E-state index contributed by atoms with van der Waals surface area (Å²) in [5.74, 6) is 1.07. The maximum Gasteiger partial charge on any atom is 0.233 e. The van der Waals surface area contributed by atoms with Crippen molar-refractivity contribution in [3.8, 4) is 0 Å². The van der Waals surface area contributed by atoms with Crippen molar-refractivity contribution in [2.45, 2.75) is 31.6 Å². The van der Waals surface area contributed by atoms with Crippen molar-refractivity contribution in [3.63, 3.8) is 0 Å². The number of rotatable bonds is 8. The highest BCUT2D eigenvalue weighted by Gasteiger charge is 2.14. The van der Waals surface area contributed by atoms with Gasteiger partial charge in [-0.3, -0.25) is 4.79 Å². The van der Waals surface area contributed by atoms with E-state index in [0.29, 0.717) is 18.2 Å². The summed E-state index contributed by atoms with van der Waals surface area (Å²) in [5.41, 5.74) is 2.41. The molecule has 0 aliphatic rings. The molecule has 1 amide bonds. The van der Waals surface area contributed by atoms with Crippen molar-refractivity contribution in [1.29, 1.82) is 0 Å². The third-order valence-electron chi connectivity index (χ3n) is 3.99. The first-order chi connectivity index (χ1) is 12.7. The molecule has 0 spiro atoms. The third kappa shape index (κ3) is 4.72. The van der Waals surface area contributed by atoms with E-state index in [1.165, 1.54) is 17.3 Å². The van der Waals surface area contributed by atoms with E-state index < -0.39 is 0 Å². The standard InChI is InChI=1S/C18H21N5O2S/c1-3-14-6-8-15(9-7-14)11-22(2)17(24)13-26-18-19-20-21-23(18)12-16-5-4-10-25-16/h4-10H,3,11-13H2,1-2H3. The molecule has 7 nitrogen and oxygen atoms in total. The minimum absolute atomic E-state index is 0.0297. The summed E-state index contributed by atoms with van der Waals surface area (Å²) >= 11 is 1.32. The topological polar surface area (TPSA) is 77.1 Å². The van der Waals surface area contributed by atoms with Crippen LogP contribution in [0.4, 0.5) is 0 Å². The molecule has 0 unspecified atom stereocenters. The fraction of sp³-hybridized carbons (Fsp3) is 0.333. The Labute approximate surface area is 156 Å². The number of tetrazole rings is 1. The lowest BCUT2D eigenvalue weighted by Crippen LogP contribution is -2.28. The molecule has 2 aromatic heterocycles. The van der Waals surface area contributed by atoms with E-state index in [1.807, 2.05) is 19.2 Å². The van der Waals surface area contributed by atoms with Crippen molar-refractivity contribution in [1.82, 2.24) is 25.1 Å². The zero-order chi connectivity index (χ0) is 18.4. The second kappa shape index (κ2) is 8.66. The molecule has 26 heavy (non-hydrogen) atoms. The van der Waals surface area contributed by atoms with E-state index in [9.17, 15) is 4.79 Å². The summed E-state index contributed by atoms with van der Waals surface area (Å²) in [5, 5.41) is 12.2. The Balaban J connectivity index is 1.52. The van der Waals surface area contributed by atoms with Crippen LogP contribution >= 0.6 is 11.8 Å². The maximum absolute atomic E-state index is 12.4. The molecule has 1 aromatic carbocycles. The lowest BCUT2D eigenvalue weighted by Gasteiger charge is -2.17. The van der Waals surface area contributed by atoms with Gasteiger partial charge in [-0.1, -0.05) is 43.0 Å². The molecule has 8 heteroatoms. The van der Waals surface area contributed by atoms with Crippen LogP contribution in [0.5, 0.6) is 0 Å². The molecule has 136 valence electrons. The van der Waals surface area contributed by atoms with Gasteiger partial charge in [0.25, 0.3) is 0 Å². The molecule has 0 aliphatic heterocycles. The second-order valence-electron chi connectivity index (χ2n) is 5.91. The predicted octanol–water partition coefficient (Wildman–Crippen LogP) is 2.63. The molecule has 0 bridgehead atoms. The van der Waals surface area contributed by atoms with Crippen LogP contribution in [0, 0.1) is 0 Å². The Hall–Kier alpha value is -2.61. The molecule has 0 saturated carbocycles. The van der Waals surface area contributed by atoms with E-state index in [1.54, 1.807) is 15.8 Å². The highest BCUT2D eigenvalue weighted by atomic mass is 32.2. The first-order valence-corrected chi connectivity index (χ1v) is 9.37. The monoisotopic (exact) mass is 371 g/mol. The molecule has 2 heterocycles. The van der Waals surface area contributed by atoms with Crippen LogP contribution in [0.1, 0.15) is 23.8 Å². The Morgan fingerprint density at radius 3 is 2.69 bits per heavy atom. The fourth-order valence-electron chi connectivity index (χ4n) is 2.43. The van der Waals surface area contributed by atoms with Crippen molar-refractivity contribution in [2.75, 3.05) is 12.8 Å². The lowest BCUT2D eigenvalue weighted by molar-refractivity contribution is -0.127. The second-order valence-corrected chi connectivity index (χ2v) is 6.85. The van der Waals surface area contributed by atoms with Crippen LogP contribution in [0.25, 0.3) is 0 Å². The summed E-state index contributed by atoms with van der Waals surface area (Å²) in [4.78, 5) is 14.1. The highest BCUT2D eigenvalue weighted by molar-refractivity contribution is 7.99. The third-order valence-corrected chi connectivity index (χ3v) is 4.93. The number of hydrogen-bond donors (Lipinski definition) is 0. The van der Waals surface area contributed by atoms with Crippen molar-refractivity contribution >= 4 is 17.7 Å². The van der Waals surface area contributed by atoms with E-state index >= 15 is 0 Å². The number of carbonyl (C=O) groups excluding carboxylic acids is 1. The molecule has 0 atom stereocenters. The van der Waals surface area contributed by atoms with Gasteiger partial charge in [0.15, 0.2) is 0 Å². The molecule has 0 N–H and O–H groups in total. The van der Waals surface area contributed by atoms with Crippen molar-refractivity contribution < 1.29 is 9.21 Å². The van der Waals surface area contributed by atoms with Gasteiger partial charge in [-0.15, -0.1) is 5.10 Å². The van der Waals surface area contributed by atoms with Gasteiger partial charge in [-0.2, -0.15) is 0 Å². The molecule has 0 saturated heterocycles. The predicted molar refractivity (Wildman–Crippen MR) is 98.6 cm³/mol. The number of thioether (sulfide) groups is 1.